The monoisotopic (exact) mass is 220 g/mol. The Morgan fingerprint density at radius 2 is 2.15 bits per heavy atom. The second kappa shape index (κ2) is 7.33. The fourth-order valence-electron chi connectivity index (χ4n) is 0.662. The maximum atomic E-state index is 11.0. The molecule has 0 N–H and O–H groups in total. The molecule has 0 aromatic carbocycles. The maximum absolute atomic E-state index is 11.0. The molecule has 0 aliphatic heterocycles. The van der Waals surface area contributed by atoms with Crippen molar-refractivity contribution in [2.24, 2.45) is 0 Å². The predicted molar refractivity (Wildman–Crippen MR) is 61.5 cm³/mol. The van der Waals surface area contributed by atoms with Gasteiger partial charge in [-0.05, 0) is 19.4 Å². The largest absolute Gasteiger partial charge is 0.461 e. The molecule has 0 aliphatic rings. The van der Waals surface area contributed by atoms with Crippen LogP contribution < -0.4 is 0 Å². The van der Waals surface area contributed by atoms with Gasteiger partial charge in [0.05, 0.1) is 0 Å². The molecule has 0 amide bonds. The van der Waals surface area contributed by atoms with Crippen LogP contribution in [0.5, 0.6) is 0 Å². The normalized spacial score (nSPS) is 12.2. The number of thioether (sulfide) groups is 2. The molecule has 76 valence electrons. The van der Waals surface area contributed by atoms with Crippen molar-refractivity contribution in [1.82, 2.24) is 0 Å². The van der Waals surface area contributed by atoms with Gasteiger partial charge in [0.2, 0.25) is 0 Å². The fraction of sp³-hybridized carbons (Fsp3) is 0.667. The molecule has 0 spiro atoms. The number of ether oxygens (including phenoxy) is 1. The van der Waals surface area contributed by atoms with Gasteiger partial charge in [0.15, 0.2) is 0 Å². The minimum atomic E-state index is -0.292. The van der Waals surface area contributed by atoms with Gasteiger partial charge >= 0.3 is 5.97 Å². The van der Waals surface area contributed by atoms with E-state index in [1.165, 1.54) is 0 Å². The van der Waals surface area contributed by atoms with Crippen molar-refractivity contribution in [3.8, 4) is 0 Å². The van der Waals surface area contributed by atoms with Crippen LogP contribution in [0, 0.1) is 0 Å². The molecule has 0 rings (SSSR count). The molecule has 0 fully saturated rings. The number of rotatable bonds is 6. The van der Waals surface area contributed by atoms with Gasteiger partial charge < -0.3 is 4.74 Å². The Labute approximate surface area is 88.5 Å². The summed E-state index contributed by atoms with van der Waals surface area (Å²) in [7, 11) is 0. The number of esters is 1. The average Bonchev–Trinajstić information content (AvgIpc) is 2.11. The van der Waals surface area contributed by atoms with Crippen LogP contribution in [-0.4, -0.2) is 36.1 Å². The lowest BCUT2D eigenvalue weighted by molar-refractivity contribution is -0.138. The summed E-state index contributed by atoms with van der Waals surface area (Å²) in [5.74, 6) is 0.713. The fourth-order valence-corrected chi connectivity index (χ4v) is 2.29. The van der Waals surface area contributed by atoms with Crippen LogP contribution in [0.15, 0.2) is 12.2 Å². The van der Waals surface area contributed by atoms with Crippen molar-refractivity contribution < 1.29 is 9.53 Å². The minimum absolute atomic E-state index is 0.292. The Hall–Kier alpha value is -0.0900. The summed E-state index contributed by atoms with van der Waals surface area (Å²) in [4.78, 5) is 11.0. The van der Waals surface area contributed by atoms with Crippen molar-refractivity contribution in [3.63, 3.8) is 0 Å². The van der Waals surface area contributed by atoms with Crippen LogP contribution in [0.3, 0.4) is 0 Å². The third kappa shape index (κ3) is 6.05. The van der Waals surface area contributed by atoms with E-state index in [0.29, 0.717) is 17.4 Å². The topological polar surface area (TPSA) is 26.3 Å². The lowest BCUT2D eigenvalue weighted by Gasteiger charge is -2.12. The summed E-state index contributed by atoms with van der Waals surface area (Å²) in [5.41, 5.74) is 0.462. The molecule has 0 saturated carbocycles. The maximum Gasteiger partial charge on any atom is 0.333 e. The molecular weight excluding hydrogens is 204 g/mol. The molecule has 4 heteroatoms. The first-order chi connectivity index (χ1) is 6.11. The predicted octanol–water partition coefficient (Wildman–Crippen LogP) is 2.20. The van der Waals surface area contributed by atoms with E-state index in [9.17, 15) is 4.79 Å². The van der Waals surface area contributed by atoms with E-state index in [1.54, 1.807) is 30.4 Å². The highest BCUT2D eigenvalue weighted by atomic mass is 32.2. The van der Waals surface area contributed by atoms with Gasteiger partial charge in [0, 0.05) is 16.6 Å². The van der Waals surface area contributed by atoms with Crippen molar-refractivity contribution in [2.45, 2.75) is 12.2 Å². The molecule has 2 nitrogen and oxygen atoms in total. The molecule has 0 saturated heterocycles. The van der Waals surface area contributed by atoms with Gasteiger partial charge in [-0.3, -0.25) is 0 Å². The van der Waals surface area contributed by atoms with E-state index in [2.05, 4.69) is 6.58 Å². The molecule has 0 aliphatic carbocycles. The third-order valence-corrected chi connectivity index (χ3v) is 3.35. The van der Waals surface area contributed by atoms with E-state index in [0.717, 1.165) is 5.75 Å². The van der Waals surface area contributed by atoms with E-state index >= 15 is 0 Å². The van der Waals surface area contributed by atoms with Crippen molar-refractivity contribution in [3.05, 3.63) is 12.2 Å². The van der Waals surface area contributed by atoms with Gasteiger partial charge in [-0.15, -0.1) is 0 Å². The highest BCUT2D eigenvalue weighted by Crippen LogP contribution is 2.12. The molecule has 0 radical (unpaired) electrons. The Kier molecular flexibility index (Phi) is 7.28. The van der Waals surface area contributed by atoms with Crippen molar-refractivity contribution in [2.75, 3.05) is 24.9 Å². The van der Waals surface area contributed by atoms with Gasteiger partial charge in [-0.2, -0.15) is 23.5 Å². The van der Waals surface area contributed by atoms with Crippen LogP contribution in [0.1, 0.15) is 6.92 Å². The van der Waals surface area contributed by atoms with Crippen LogP contribution in [0.4, 0.5) is 0 Å². The summed E-state index contributed by atoms with van der Waals surface area (Å²) in [6, 6.07) is 0. The number of hydrogen-bond acceptors (Lipinski definition) is 4. The summed E-state index contributed by atoms with van der Waals surface area (Å²) in [6.45, 7) is 5.66. The molecule has 0 bridgehead atoms. The van der Waals surface area contributed by atoms with Gasteiger partial charge in [-0.25, -0.2) is 4.79 Å². The first kappa shape index (κ1) is 12.9. The molecule has 13 heavy (non-hydrogen) atoms. The molecule has 1 unspecified atom stereocenters. The zero-order chi connectivity index (χ0) is 10.3. The Balaban J connectivity index is 3.71. The first-order valence-electron chi connectivity index (χ1n) is 3.96. The van der Waals surface area contributed by atoms with Crippen molar-refractivity contribution in [1.29, 1.82) is 0 Å². The molecule has 0 aromatic rings. The Morgan fingerprint density at radius 1 is 1.54 bits per heavy atom. The smallest absolute Gasteiger partial charge is 0.333 e. The molecule has 1 atom stereocenters. The summed E-state index contributed by atoms with van der Waals surface area (Å²) < 4.78 is 5.04. The van der Waals surface area contributed by atoms with Crippen LogP contribution in [-0.2, 0) is 9.53 Å². The number of carbonyl (C=O) groups is 1. The number of hydrogen-bond donors (Lipinski definition) is 0. The lowest BCUT2D eigenvalue weighted by Crippen LogP contribution is -2.18. The van der Waals surface area contributed by atoms with Crippen molar-refractivity contribution >= 4 is 29.5 Å². The molecule has 0 heterocycles. The van der Waals surface area contributed by atoms with Gasteiger partial charge in [0.1, 0.15) is 6.61 Å². The minimum Gasteiger partial charge on any atom is -0.461 e. The summed E-state index contributed by atoms with van der Waals surface area (Å²) in [6.07, 6.45) is 4.07. The average molecular weight is 220 g/mol. The van der Waals surface area contributed by atoms with E-state index in [4.69, 9.17) is 4.74 Å². The third-order valence-electron chi connectivity index (χ3n) is 1.43. The SMILES string of the molecule is C=C(C)C(=O)OCC(CSC)SC. The zero-order valence-corrected chi connectivity index (χ0v) is 9.96. The first-order valence-corrected chi connectivity index (χ1v) is 6.64. The Morgan fingerprint density at radius 3 is 2.54 bits per heavy atom. The Bertz CT molecular complexity index is 180. The van der Waals surface area contributed by atoms with E-state index < -0.39 is 0 Å². The van der Waals surface area contributed by atoms with E-state index in [-0.39, 0.29) is 5.97 Å². The van der Waals surface area contributed by atoms with Crippen LogP contribution >= 0.6 is 23.5 Å². The second-order valence-corrected chi connectivity index (χ2v) is 4.74. The summed E-state index contributed by atoms with van der Waals surface area (Å²) in [5, 5.41) is 0.387. The summed E-state index contributed by atoms with van der Waals surface area (Å²) >= 11 is 3.48. The van der Waals surface area contributed by atoms with E-state index in [1.807, 2.05) is 12.5 Å². The highest BCUT2D eigenvalue weighted by molar-refractivity contribution is 8.02. The molecular formula is C9H16O2S2. The van der Waals surface area contributed by atoms with Crippen LogP contribution in [0.2, 0.25) is 0 Å². The lowest BCUT2D eigenvalue weighted by atomic mass is 10.4. The quantitative estimate of drug-likeness (QED) is 0.506. The van der Waals surface area contributed by atoms with Gasteiger partial charge in [-0.1, -0.05) is 6.58 Å². The zero-order valence-electron chi connectivity index (χ0n) is 8.33. The molecule has 0 aromatic heterocycles. The second-order valence-electron chi connectivity index (χ2n) is 2.69. The number of carbonyl (C=O) groups excluding carboxylic acids is 1. The highest BCUT2D eigenvalue weighted by Gasteiger charge is 2.10. The van der Waals surface area contributed by atoms with Gasteiger partial charge in [0.25, 0.3) is 0 Å². The standard InChI is InChI=1S/C9H16O2S2/c1-7(2)9(10)11-5-8(13-4)6-12-3/h8H,1,5-6H2,2-4H3. The van der Waals surface area contributed by atoms with Crippen LogP contribution in [0.25, 0.3) is 0 Å².